The van der Waals surface area contributed by atoms with Gasteiger partial charge in [-0.15, -0.1) is 0 Å². The van der Waals surface area contributed by atoms with Gasteiger partial charge in [0.2, 0.25) is 0 Å². The number of nitrogens with one attached hydrogen (secondary N) is 1. The first-order chi connectivity index (χ1) is 7.95. The second kappa shape index (κ2) is 5.30. The van der Waals surface area contributed by atoms with Crippen LogP contribution >= 0.6 is 0 Å². The number of aryl methyl sites for hydroxylation is 2. The van der Waals surface area contributed by atoms with Crippen molar-refractivity contribution in [3.8, 4) is 0 Å². The molecule has 1 aromatic carbocycles. The molecule has 0 bridgehead atoms. The zero-order valence-electron chi connectivity index (χ0n) is 10.1. The van der Waals surface area contributed by atoms with Crippen molar-refractivity contribution in [2.24, 2.45) is 0 Å². The molecule has 1 aromatic rings. The minimum atomic E-state index is -0.546. The molecular formula is C13H15N2O2-. The van der Waals surface area contributed by atoms with Crippen LogP contribution in [0.5, 0.6) is 0 Å². The first-order valence-corrected chi connectivity index (χ1v) is 5.21. The van der Waals surface area contributed by atoms with Crippen molar-refractivity contribution < 1.29 is 9.90 Å². The number of benzene rings is 1. The van der Waals surface area contributed by atoms with Crippen LogP contribution in [0, 0.1) is 13.8 Å². The van der Waals surface area contributed by atoms with Crippen molar-refractivity contribution in [3.05, 3.63) is 46.1 Å². The first kappa shape index (κ1) is 13.0. The highest BCUT2D eigenvalue weighted by Gasteiger charge is 2.08. The number of aliphatic hydroxyl groups excluding tert-OH is 1. The smallest absolute Gasteiger partial charge is 0.257 e. The van der Waals surface area contributed by atoms with Gasteiger partial charge in [-0.25, -0.2) is 0 Å². The molecule has 0 saturated heterocycles. The van der Waals surface area contributed by atoms with E-state index in [0.29, 0.717) is 11.9 Å². The van der Waals surface area contributed by atoms with Crippen molar-refractivity contribution in [1.82, 2.24) is 0 Å². The number of amides is 1. The molecule has 90 valence electrons. The standard InChI is InChI=1S/C13H15N2O2/c1-8-4-5-11(6-9(8)2)15-13(17)12(7-14)10(3)16/h4-7,16H,1-3H3,(H,15,17)/q-1/b12-10+. The van der Waals surface area contributed by atoms with Gasteiger partial charge in [0.1, 0.15) is 0 Å². The van der Waals surface area contributed by atoms with Gasteiger partial charge >= 0.3 is 0 Å². The van der Waals surface area contributed by atoms with Crippen molar-refractivity contribution >= 4 is 17.8 Å². The summed E-state index contributed by atoms with van der Waals surface area (Å²) in [6.45, 7) is 5.25. The topological polar surface area (TPSA) is 71.6 Å². The molecular weight excluding hydrogens is 216 g/mol. The predicted octanol–water partition coefficient (Wildman–Crippen LogP) is 2.71. The fraction of sp³-hybridized carbons (Fsp3) is 0.231. The van der Waals surface area contributed by atoms with Gasteiger partial charge in [-0.3, -0.25) is 4.79 Å². The molecule has 0 radical (unpaired) electrons. The Morgan fingerprint density at radius 2 is 2.00 bits per heavy atom. The lowest BCUT2D eigenvalue weighted by atomic mass is 10.1. The SMILES string of the molecule is C/C(O)=C(/C=[N-])C(=O)Nc1ccc(C)c(C)c1. The molecule has 1 amide bonds. The summed E-state index contributed by atoms with van der Waals surface area (Å²) in [5, 5.41) is 20.6. The summed E-state index contributed by atoms with van der Waals surface area (Å²) in [6, 6.07) is 5.49. The highest BCUT2D eigenvalue weighted by molar-refractivity contribution is 6.18. The summed E-state index contributed by atoms with van der Waals surface area (Å²) in [5.74, 6) is -0.774. The summed E-state index contributed by atoms with van der Waals surface area (Å²) in [7, 11) is 0. The van der Waals surface area contributed by atoms with E-state index < -0.39 is 5.91 Å². The summed E-state index contributed by atoms with van der Waals surface area (Å²) in [4.78, 5) is 11.7. The Hall–Kier alpha value is -2.10. The molecule has 1 rings (SSSR count). The average Bonchev–Trinajstić information content (AvgIpc) is 2.24. The van der Waals surface area contributed by atoms with Crippen LogP contribution in [-0.2, 0) is 4.79 Å². The third-order valence-corrected chi connectivity index (χ3v) is 2.53. The Labute approximate surface area is 100 Å². The Bertz CT molecular complexity index is 486. The molecule has 2 N–H and O–H groups in total. The third-order valence-electron chi connectivity index (χ3n) is 2.53. The van der Waals surface area contributed by atoms with E-state index in [9.17, 15) is 9.90 Å². The number of allylic oxidation sites excluding steroid dienone is 1. The van der Waals surface area contributed by atoms with Gasteiger partial charge in [-0.05, 0) is 44.0 Å². The normalized spacial score (nSPS) is 11.7. The molecule has 0 aromatic heterocycles. The maximum Gasteiger partial charge on any atom is 0.257 e. The van der Waals surface area contributed by atoms with Gasteiger partial charge in [-0.2, -0.15) is 6.21 Å². The maximum atomic E-state index is 11.7. The Morgan fingerprint density at radius 3 is 2.47 bits per heavy atom. The van der Waals surface area contributed by atoms with E-state index in [1.807, 2.05) is 26.0 Å². The van der Waals surface area contributed by atoms with Crippen LogP contribution in [0.3, 0.4) is 0 Å². The van der Waals surface area contributed by atoms with Gasteiger partial charge in [0.25, 0.3) is 5.91 Å². The molecule has 0 aliphatic heterocycles. The van der Waals surface area contributed by atoms with Crippen LogP contribution in [0.1, 0.15) is 18.1 Å². The molecule has 0 spiro atoms. The van der Waals surface area contributed by atoms with E-state index in [2.05, 4.69) is 5.32 Å². The molecule has 17 heavy (non-hydrogen) atoms. The maximum absolute atomic E-state index is 11.7. The Balaban J connectivity index is 2.92. The largest absolute Gasteiger partial charge is 0.810 e. The third kappa shape index (κ3) is 3.17. The molecule has 0 heterocycles. The number of aliphatic hydroxyl groups is 1. The van der Waals surface area contributed by atoms with Gasteiger partial charge < -0.3 is 15.8 Å². The van der Waals surface area contributed by atoms with E-state index >= 15 is 0 Å². The van der Waals surface area contributed by atoms with E-state index in [4.69, 9.17) is 5.41 Å². The zero-order valence-corrected chi connectivity index (χ0v) is 10.1. The van der Waals surface area contributed by atoms with Crippen LogP contribution in [-0.4, -0.2) is 17.2 Å². The Morgan fingerprint density at radius 1 is 1.35 bits per heavy atom. The number of carbonyl (C=O) groups excluding carboxylic acids is 1. The van der Waals surface area contributed by atoms with Crippen molar-refractivity contribution in [1.29, 1.82) is 0 Å². The van der Waals surface area contributed by atoms with E-state index in [0.717, 1.165) is 11.1 Å². The zero-order chi connectivity index (χ0) is 13.0. The summed E-state index contributed by atoms with van der Waals surface area (Å²) >= 11 is 0. The summed E-state index contributed by atoms with van der Waals surface area (Å²) in [5.41, 5.74) is 2.66. The second-order valence-electron chi connectivity index (χ2n) is 3.88. The van der Waals surface area contributed by atoms with Crippen LogP contribution < -0.4 is 5.32 Å². The van der Waals surface area contributed by atoms with Crippen molar-refractivity contribution in [3.63, 3.8) is 0 Å². The number of hydrogen-bond acceptors (Lipinski definition) is 2. The van der Waals surface area contributed by atoms with E-state index in [-0.39, 0.29) is 11.3 Å². The van der Waals surface area contributed by atoms with Crippen molar-refractivity contribution in [2.75, 3.05) is 5.32 Å². The van der Waals surface area contributed by atoms with E-state index in [1.165, 1.54) is 6.92 Å². The van der Waals surface area contributed by atoms with Crippen LogP contribution in [0.4, 0.5) is 5.69 Å². The van der Waals surface area contributed by atoms with Crippen LogP contribution in [0.2, 0.25) is 0 Å². The number of rotatable bonds is 3. The molecule has 0 fully saturated rings. The highest BCUT2D eigenvalue weighted by atomic mass is 16.3. The molecule has 4 nitrogen and oxygen atoms in total. The monoisotopic (exact) mass is 231 g/mol. The van der Waals surface area contributed by atoms with Crippen molar-refractivity contribution in [2.45, 2.75) is 20.8 Å². The van der Waals surface area contributed by atoms with Gasteiger partial charge in [0.05, 0.1) is 11.3 Å². The number of hydrogen-bond donors (Lipinski definition) is 2. The minimum absolute atomic E-state index is 0.150. The van der Waals surface area contributed by atoms with Gasteiger partial charge in [0, 0.05) is 5.69 Å². The van der Waals surface area contributed by atoms with E-state index in [1.54, 1.807) is 6.07 Å². The number of nitrogens with zero attached hydrogens (tertiary/aromatic N) is 1. The fourth-order valence-electron chi connectivity index (χ4n) is 1.33. The fourth-order valence-corrected chi connectivity index (χ4v) is 1.33. The average molecular weight is 231 g/mol. The highest BCUT2D eigenvalue weighted by Crippen LogP contribution is 2.15. The summed E-state index contributed by atoms with van der Waals surface area (Å²) in [6.07, 6.45) is 0.589. The van der Waals surface area contributed by atoms with Gasteiger partial charge in [-0.1, -0.05) is 6.07 Å². The first-order valence-electron chi connectivity index (χ1n) is 5.21. The molecule has 0 atom stereocenters. The lowest BCUT2D eigenvalue weighted by Crippen LogP contribution is -2.16. The molecule has 0 saturated carbocycles. The molecule has 0 aliphatic rings. The molecule has 0 unspecified atom stereocenters. The predicted molar refractivity (Wildman–Crippen MR) is 69.3 cm³/mol. The van der Waals surface area contributed by atoms with Crippen LogP contribution in [0.15, 0.2) is 29.5 Å². The Kier molecular flexibility index (Phi) is 4.04. The molecule has 0 aliphatic carbocycles. The molecule has 4 heteroatoms. The lowest BCUT2D eigenvalue weighted by molar-refractivity contribution is -0.112. The minimum Gasteiger partial charge on any atom is -0.810 e. The lowest BCUT2D eigenvalue weighted by Gasteiger charge is -2.10. The second-order valence-corrected chi connectivity index (χ2v) is 3.88. The number of anilines is 1. The summed E-state index contributed by atoms with van der Waals surface area (Å²) < 4.78 is 0. The van der Waals surface area contributed by atoms with Gasteiger partial charge in [0.15, 0.2) is 0 Å². The quantitative estimate of drug-likeness (QED) is 0.477. The van der Waals surface area contributed by atoms with Crippen LogP contribution in [0.25, 0.3) is 5.41 Å². The number of carbonyl (C=O) groups is 1.